The van der Waals surface area contributed by atoms with Gasteiger partial charge in [0.2, 0.25) is 5.91 Å². The first kappa shape index (κ1) is 37.0. The molecular formula is C30H36ClF6N3O4. The number of carbonyl (C=O) groups excluding carboxylic acids is 2. The highest BCUT2D eigenvalue weighted by atomic mass is 35.5. The molecule has 2 rings (SSSR count). The number of nitrogens with zero attached hydrogens (tertiary/aromatic N) is 2. The van der Waals surface area contributed by atoms with Gasteiger partial charge in [0, 0.05) is 35.2 Å². The molecule has 0 radical (unpaired) electrons. The molecule has 0 saturated heterocycles. The molecule has 244 valence electrons. The van der Waals surface area contributed by atoms with Crippen molar-refractivity contribution in [3.05, 3.63) is 22.8 Å². The minimum atomic E-state index is -5.17. The molecule has 0 aromatic rings. The fraction of sp³-hybridized carbons (Fsp3) is 0.633. The first-order chi connectivity index (χ1) is 20.1. The molecule has 0 aromatic carbocycles. The van der Waals surface area contributed by atoms with E-state index < -0.39 is 88.0 Å². The van der Waals surface area contributed by atoms with E-state index in [2.05, 4.69) is 16.8 Å². The molecule has 1 saturated carbocycles. The molecule has 1 amide bonds. The van der Waals surface area contributed by atoms with Crippen LogP contribution in [-0.2, 0) is 14.4 Å². The van der Waals surface area contributed by atoms with Gasteiger partial charge in [-0.3, -0.25) is 19.4 Å². The van der Waals surface area contributed by atoms with Crippen LogP contribution in [0.4, 0.5) is 26.3 Å². The van der Waals surface area contributed by atoms with Crippen molar-refractivity contribution in [2.45, 2.75) is 72.2 Å². The third kappa shape index (κ3) is 9.94. The number of hydrogen-bond acceptors (Lipinski definition) is 5. The number of nitrogens with one attached hydrogen (secondary N) is 1. The third-order valence-corrected chi connectivity index (χ3v) is 7.88. The lowest BCUT2D eigenvalue weighted by Crippen LogP contribution is -2.47. The van der Waals surface area contributed by atoms with E-state index in [0.29, 0.717) is 4.90 Å². The highest BCUT2D eigenvalue weighted by Crippen LogP contribution is 2.40. The summed E-state index contributed by atoms with van der Waals surface area (Å²) in [7, 11) is 0. The summed E-state index contributed by atoms with van der Waals surface area (Å²) in [6, 6.07) is 0. The Balaban J connectivity index is 2.43. The number of carbonyl (C=O) groups is 3. The zero-order valence-electron chi connectivity index (χ0n) is 24.8. The average molecular weight is 652 g/mol. The summed E-state index contributed by atoms with van der Waals surface area (Å²) >= 11 is 6.00. The molecule has 2 N–H and O–H groups in total. The minimum Gasteiger partial charge on any atom is -0.481 e. The van der Waals surface area contributed by atoms with Crippen LogP contribution in [0.1, 0.15) is 59.8 Å². The van der Waals surface area contributed by atoms with Crippen molar-refractivity contribution in [3.63, 3.8) is 0 Å². The van der Waals surface area contributed by atoms with E-state index in [-0.39, 0.29) is 44.9 Å². The van der Waals surface area contributed by atoms with Gasteiger partial charge in [0.1, 0.15) is 17.5 Å². The van der Waals surface area contributed by atoms with Crippen molar-refractivity contribution in [1.82, 2.24) is 4.90 Å². The van der Waals surface area contributed by atoms with E-state index in [1.807, 2.05) is 0 Å². The summed E-state index contributed by atoms with van der Waals surface area (Å²) in [5, 5.41) is 16.7. The summed E-state index contributed by atoms with van der Waals surface area (Å²) in [6.45, 7) is 4.64. The molecule has 0 heterocycles. The molecule has 0 aliphatic heterocycles. The molecule has 44 heavy (non-hydrogen) atoms. The number of carboxylic acid groups (broad SMARTS) is 1. The highest BCUT2D eigenvalue weighted by Gasteiger charge is 2.47. The van der Waals surface area contributed by atoms with Crippen molar-refractivity contribution in [1.29, 1.82) is 5.41 Å². The second-order valence-corrected chi connectivity index (χ2v) is 12.8. The van der Waals surface area contributed by atoms with Gasteiger partial charge in [-0.2, -0.15) is 26.3 Å². The van der Waals surface area contributed by atoms with Crippen LogP contribution in [0.3, 0.4) is 0 Å². The Kier molecular flexibility index (Phi) is 12.0. The Bertz CT molecular complexity index is 1280. The van der Waals surface area contributed by atoms with Crippen molar-refractivity contribution in [3.8, 4) is 11.8 Å². The molecule has 2 aliphatic carbocycles. The SMILES string of the molecule is CC(C)(C)C#CCN(CC(=O)C1=C(Cl)CC=CC1C(F)(F)F)C(=O)C(C=N)C(=NCC1CCC(C)(C(=O)O)CC1)C(F)(F)F. The van der Waals surface area contributed by atoms with Gasteiger partial charge in [0.05, 0.1) is 18.5 Å². The largest absolute Gasteiger partial charge is 0.481 e. The Hall–Kier alpha value is -3.14. The number of halogens is 7. The molecule has 0 aromatic heterocycles. The molecular weight excluding hydrogens is 616 g/mol. The number of hydrogen-bond donors (Lipinski definition) is 2. The number of rotatable bonds is 10. The number of amides is 1. The number of aliphatic carboxylic acids is 1. The van der Waals surface area contributed by atoms with Crippen molar-refractivity contribution < 1.29 is 45.8 Å². The molecule has 7 nitrogen and oxygen atoms in total. The number of ketones is 1. The number of allylic oxidation sites excluding steroid dienone is 3. The maximum absolute atomic E-state index is 14.2. The van der Waals surface area contributed by atoms with Crippen LogP contribution in [0.15, 0.2) is 27.7 Å². The maximum atomic E-state index is 14.2. The number of aliphatic imine (C=N–C) groups is 1. The molecule has 2 aliphatic rings. The number of Topliss-reactive ketones (excluding diaryl/α,β-unsaturated/α-hetero) is 1. The van der Waals surface area contributed by atoms with Crippen LogP contribution in [0.2, 0.25) is 0 Å². The van der Waals surface area contributed by atoms with Crippen LogP contribution in [0.5, 0.6) is 0 Å². The van der Waals surface area contributed by atoms with Crippen LogP contribution >= 0.6 is 11.6 Å². The zero-order chi connectivity index (χ0) is 33.7. The van der Waals surface area contributed by atoms with E-state index in [1.54, 1.807) is 27.7 Å². The summed E-state index contributed by atoms with van der Waals surface area (Å²) in [5.41, 5.74) is -4.03. The van der Waals surface area contributed by atoms with Crippen LogP contribution in [0, 0.1) is 45.8 Å². The first-order valence-corrected chi connectivity index (χ1v) is 14.3. The Morgan fingerprint density at radius 3 is 2.25 bits per heavy atom. The van der Waals surface area contributed by atoms with Gasteiger partial charge >= 0.3 is 18.3 Å². The van der Waals surface area contributed by atoms with E-state index in [1.165, 1.54) is 0 Å². The van der Waals surface area contributed by atoms with Crippen LogP contribution in [-0.4, -0.2) is 71.6 Å². The second-order valence-electron chi connectivity index (χ2n) is 12.3. The number of alkyl halides is 6. The Labute approximate surface area is 257 Å². The van der Waals surface area contributed by atoms with Crippen molar-refractivity contribution in [2.75, 3.05) is 19.6 Å². The second kappa shape index (κ2) is 14.3. The Morgan fingerprint density at radius 1 is 1.18 bits per heavy atom. The van der Waals surface area contributed by atoms with Gasteiger partial charge in [-0.15, -0.1) is 0 Å². The predicted octanol–water partition coefficient (Wildman–Crippen LogP) is 6.62. The van der Waals surface area contributed by atoms with E-state index in [0.717, 1.165) is 12.2 Å². The number of carboxylic acids is 1. The predicted molar refractivity (Wildman–Crippen MR) is 153 cm³/mol. The fourth-order valence-corrected chi connectivity index (χ4v) is 5.23. The van der Waals surface area contributed by atoms with Gasteiger partial charge in [-0.25, -0.2) is 0 Å². The fourth-order valence-electron chi connectivity index (χ4n) is 4.92. The smallest absolute Gasteiger partial charge is 0.430 e. The molecule has 0 bridgehead atoms. The minimum absolute atomic E-state index is 0.173. The summed E-state index contributed by atoms with van der Waals surface area (Å²) < 4.78 is 83.8. The third-order valence-electron chi connectivity index (χ3n) is 7.52. The molecule has 14 heteroatoms. The van der Waals surface area contributed by atoms with Gasteiger partial charge < -0.3 is 15.4 Å². The topological polar surface area (TPSA) is 111 Å². The van der Waals surface area contributed by atoms with Gasteiger partial charge in [0.15, 0.2) is 5.78 Å². The van der Waals surface area contributed by atoms with Crippen molar-refractivity contribution in [2.24, 2.45) is 33.6 Å². The van der Waals surface area contributed by atoms with Crippen LogP contribution < -0.4 is 0 Å². The standard InChI is InChI=1S/C30H36ClF6N3O4/c1-27(2,3)11-6-14-40(17-22(41)23-20(29(32,33)34)7-5-8-21(23)31)25(42)19(15-38)24(30(35,36)37)39-16-18-9-12-28(4,13-10-18)26(43)44/h5,7,15,18-20,38H,8-10,12-14,16-17H2,1-4H3,(H,43,44). The molecule has 2 atom stereocenters. The Morgan fingerprint density at radius 2 is 1.77 bits per heavy atom. The molecule has 2 unspecified atom stereocenters. The monoisotopic (exact) mass is 651 g/mol. The summed E-state index contributed by atoms with van der Waals surface area (Å²) in [6.07, 6.45) is -7.09. The average Bonchev–Trinajstić information content (AvgIpc) is 2.89. The lowest BCUT2D eigenvalue weighted by molar-refractivity contribution is -0.155. The van der Waals surface area contributed by atoms with Gasteiger partial charge in [0.25, 0.3) is 0 Å². The van der Waals surface area contributed by atoms with Gasteiger partial charge in [-0.05, 0) is 59.3 Å². The van der Waals surface area contributed by atoms with Crippen molar-refractivity contribution >= 4 is 41.2 Å². The van der Waals surface area contributed by atoms with E-state index in [4.69, 9.17) is 17.0 Å². The summed E-state index contributed by atoms with van der Waals surface area (Å²) in [5.74, 6) is -3.31. The van der Waals surface area contributed by atoms with Crippen LogP contribution in [0.25, 0.3) is 0 Å². The van der Waals surface area contributed by atoms with E-state index >= 15 is 0 Å². The molecule has 1 fully saturated rings. The normalized spacial score (nSPS) is 23.8. The maximum Gasteiger partial charge on any atom is 0.430 e. The zero-order valence-corrected chi connectivity index (χ0v) is 25.6. The lowest BCUT2D eigenvalue weighted by Gasteiger charge is -2.33. The van der Waals surface area contributed by atoms with Gasteiger partial charge in [-0.1, -0.05) is 35.6 Å². The summed E-state index contributed by atoms with van der Waals surface area (Å²) in [4.78, 5) is 42.5. The highest BCUT2D eigenvalue weighted by molar-refractivity contribution is 6.32. The van der Waals surface area contributed by atoms with E-state index in [9.17, 15) is 45.8 Å². The molecule has 0 spiro atoms. The lowest BCUT2D eigenvalue weighted by atomic mass is 9.72. The first-order valence-electron chi connectivity index (χ1n) is 13.9. The quantitative estimate of drug-likeness (QED) is 0.120.